The Morgan fingerprint density at radius 1 is 0.971 bits per heavy atom. The first kappa shape index (κ1) is 59.9. The van der Waals surface area contributed by atoms with E-state index in [-0.39, 0.29) is 43.7 Å². The number of nitrogens with two attached hydrogens (primary N) is 1. The third kappa shape index (κ3) is 15.5. The maximum atomic E-state index is 14.6. The number of nitrogens with one attached hydrogen (secondary N) is 1. The standard InChI is InChI=1S/C51H89N5O13S/c1-14-38-51(10,63)43(59)34(6)56(23-18-22-55(24-21-39(52)57)48(70)53-28-36-19-16-15-17-20-36)29-30(2)26-49(8,62)45(69-47-41(58)37(54(11)12)25-31(3)65-47)32(4)42(33(5)46(61)67-38)68-40-27-50(9,64-13)44(60)35(7)66-40/h15-17,19-20,30-35,37-38,40-45,47,58-60,62-63H,14,18,21-29H2,1-13H3,(H2,52,57)(H,53,70)/t30-,31-,32+,33-,34-,35+,37+,38-,40+,41-,42+,43-,44+,45-,47+,49-,50-,51-/m1/s1. The minimum absolute atomic E-state index is 0.0877. The maximum absolute atomic E-state index is 14.6. The molecule has 3 fully saturated rings. The molecule has 0 spiro atoms. The van der Waals surface area contributed by atoms with E-state index in [4.69, 9.17) is 46.4 Å². The van der Waals surface area contributed by atoms with Crippen molar-refractivity contribution in [1.82, 2.24) is 20.0 Å². The van der Waals surface area contributed by atoms with Crippen molar-refractivity contribution in [1.29, 1.82) is 0 Å². The molecule has 0 unspecified atom stereocenters. The van der Waals surface area contributed by atoms with Gasteiger partial charge in [-0.15, -0.1) is 0 Å². The van der Waals surface area contributed by atoms with Crippen LogP contribution >= 0.6 is 12.2 Å². The topological polar surface area (TPSA) is 238 Å². The molecule has 1 amide bonds. The predicted molar refractivity (Wildman–Crippen MR) is 269 cm³/mol. The summed E-state index contributed by atoms with van der Waals surface area (Å²) in [4.78, 5) is 32.5. The van der Waals surface area contributed by atoms with Gasteiger partial charge in [-0.2, -0.15) is 0 Å². The van der Waals surface area contributed by atoms with Gasteiger partial charge < -0.3 is 74.8 Å². The van der Waals surface area contributed by atoms with E-state index in [0.29, 0.717) is 50.7 Å². The molecule has 402 valence electrons. The maximum Gasteiger partial charge on any atom is 0.311 e. The van der Waals surface area contributed by atoms with Crippen LogP contribution in [0.2, 0.25) is 0 Å². The molecular formula is C51H89N5O13S. The second kappa shape index (κ2) is 26.0. The average molecular weight is 1010 g/mol. The lowest BCUT2D eigenvalue weighted by Crippen LogP contribution is -2.60. The van der Waals surface area contributed by atoms with Crippen LogP contribution in [0.1, 0.15) is 113 Å². The molecular weight excluding hydrogens is 923 g/mol. The van der Waals surface area contributed by atoms with Crippen molar-refractivity contribution in [3.05, 3.63) is 35.9 Å². The van der Waals surface area contributed by atoms with Crippen LogP contribution in [0.3, 0.4) is 0 Å². The number of aliphatic hydroxyl groups is 5. The molecule has 3 aliphatic heterocycles. The number of nitrogens with zero attached hydrogens (tertiary/aromatic N) is 3. The number of primary amides is 1. The number of likely N-dealkylation sites (N-methyl/N-ethyl adjacent to an activating group) is 1. The Kier molecular flexibility index (Phi) is 22.3. The molecule has 3 heterocycles. The quantitative estimate of drug-likeness (QED) is 0.0931. The molecule has 1 aromatic carbocycles. The normalized spacial score (nSPS) is 39.6. The number of amides is 1. The molecule has 3 aliphatic rings. The molecule has 70 heavy (non-hydrogen) atoms. The molecule has 0 bridgehead atoms. The number of carbonyl (C=O) groups excluding carboxylic acids is 2. The minimum atomic E-state index is -1.94. The van der Waals surface area contributed by atoms with Gasteiger partial charge >= 0.3 is 5.97 Å². The summed E-state index contributed by atoms with van der Waals surface area (Å²) in [5, 5.41) is 64.1. The van der Waals surface area contributed by atoms with Crippen molar-refractivity contribution in [2.24, 2.45) is 23.5 Å². The summed E-state index contributed by atoms with van der Waals surface area (Å²) >= 11 is 5.82. The third-order valence-corrected chi connectivity index (χ3v) is 15.5. The van der Waals surface area contributed by atoms with Crippen molar-refractivity contribution >= 4 is 29.2 Å². The number of methoxy groups -OCH3 is 1. The highest BCUT2D eigenvalue weighted by Gasteiger charge is 2.53. The Hall–Kier alpha value is -2.63. The van der Waals surface area contributed by atoms with Crippen LogP contribution in [0.4, 0.5) is 0 Å². The summed E-state index contributed by atoms with van der Waals surface area (Å²) in [7, 11) is 5.25. The van der Waals surface area contributed by atoms with Crippen LogP contribution in [0.25, 0.3) is 0 Å². The molecule has 0 aromatic heterocycles. The Morgan fingerprint density at radius 3 is 2.23 bits per heavy atom. The number of carbonyl (C=O) groups is 2. The second-order valence-electron chi connectivity index (χ2n) is 21.4. The zero-order valence-electron chi connectivity index (χ0n) is 44.2. The fourth-order valence-corrected chi connectivity index (χ4v) is 11.1. The smallest absolute Gasteiger partial charge is 0.311 e. The summed E-state index contributed by atoms with van der Waals surface area (Å²) in [5.41, 5.74) is 1.94. The van der Waals surface area contributed by atoms with Crippen molar-refractivity contribution in [2.75, 3.05) is 47.4 Å². The van der Waals surface area contributed by atoms with Gasteiger partial charge in [0.15, 0.2) is 17.7 Å². The molecule has 0 saturated carbocycles. The van der Waals surface area contributed by atoms with Crippen LogP contribution < -0.4 is 11.1 Å². The van der Waals surface area contributed by atoms with Gasteiger partial charge in [0.1, 0.15) is 30.0 Å². The number of thiocarbonyl (C=S) groups is 1. The minimum Gasteiger partial charge on any atom is -0.459 e. The third-order valence-electron chi connectivity index (χ3n) is 15.1. The van der Waals surface area contributed by atoms with Crippen LogP contribution in [0.5, 0.6) is 0 Å². The van der Waals surface area contributed by atoms with Gasteiger partial charge in [0.25, 0.3) is 0 Å². The number of cyclic esters (lactones) is 1. The van der Waals surface area contributed by atoms with E-state index in [1.807, 2.05) is 81.9 Å². The van der Waals surface area contributed by atoms with Crippen molar-refractivity contribution in [2.45, 2.75) is 205 Å². The summed E-state index contributed by atoms with van der Waals surface area (Å²) in [6.07, 6.45) is -8.56. The summed E-state index contributed by atoms with van der Waals surface area (Å²) in [6.45, 7) is 19.5. The lowest BCUT2D eigenvalue weighted by atomic mass is 9.77. The van der Waals surface area contributed by atoms with Crippen molar-refractivity contribution < 1.29 is 63.5 Å². The molecule has 4 rings (SSSR count). The Morgan fingerprint density at radius 2 is 1.63 bits per heavy atom. The first-order valence-corrected chi connectivity index (χ1v) is 25.7. The second-order valence-corrected chi connectivity index (χ2v) is 21.8. The van der Waals surface area contributed by atoms with Gasteiger partial charge in [-0.3, -0.25) is 14.5 Å². The number of hydrogen-bond acceptors (Lipinski definition) is 16. The molecule has 19 heteroatoms. The highest BCUT2D eigenvalue weighted by molar-refractivity contribution is 7.80. The summed E-state index contributed by atoms with van der Waals surface area (Å²) in [6, 6.07) is 8.78. The van der Waals surface area contributed by atoms with E-state index >= 15 is 0 Å². The van der Waals surface area contributed by atoms with Gasteiger partial charge in [0.05, 0.1) is 41.5 Å². The van der Waals surface area contributed by atoms with E-state index in [2.05, 4.69) is 10.2 Å². The lowest BCUT2D eigenvalue weighted by Gasteiger charge is -2.48. The molecule has 8 N–H and O–H groups in total. The number of esters is 1. The van der Waals surface area contributed by atoms with E-state index in [9.17, 15) is 35.1 Å². The van der Waals surface area contributed by atoms with Crippen LogP contribution in [-0.4, -0.2) is 195 Å². The fourth-order valence-electron chi connectivity index (χ4n) is 10.8. The molecule has 1 aromatic rings. The average Bonchev–Trinajstić information content (AvgIpc) is 3.30. The van der Waals surface area contributed by atoms with E-state index in [1.165, 1.54) is 14.0 Å². The first-order chi connectivity index (χ1) is 32.7. The number of rotatable bonds is 16. The zero-order valence-corrected chi connectivity index (χ0v) is 45.0. The van der Waals surface area contributed by atoms with Crippen LogP contribution in [-0.2, 0) is 44.6 Å². The zero-order chi connectivity index (χ0) is 52.5. The largest absolute Gasteiger partial charge is 0.459 e. The molecule has 0 radical (unpaired) electrons. The van der Waals surface area contributed by atoms with Crippen molar-refractivity contribution in [3.63, 3.8) is 0 Å². The number of hydrogen-bond donors (Lipinski definition) is 7. The highest BCUT2D eigenvalue weighted by atomic mass is 32.1. The summed E-state index contributed by atoms with van der Waals surface area (Å²) in [5.74, 6) is -3.38. The molecule has 18 nitrogen and oxygen atoms in total. The predicted octanol–water partition coefficient (Wildman–Crippen LogP) is 2.91. The van der Waals surface area contributed by atoms with Crippen molar-refractivity contribution in [3.8, 4) is 0 Å². The monoisotopic (exact) mass is 1010 g/mol. The van der Waals surface area contributed by atoms with E-state index in [0.717, 1.165) is 5.56 Å². The SMILES string of the molecule is CC[C@H]1OC(=O)[C@H](C)[C@@H](O[C@H]2C[C@@](C)(OC)[C@@H](O)[C@H](C)O2)[C@H](C)[C@@H](O[C@@H]2O[C@H](C)C[C@H](N(C)C)[C@H]2O)[C@](C)(O)C[C@@H](C)CN(CCCN(CCC(N)=O)C(=S)NCc2ccccc2)[C@H](C)[C@@H](O)[C@]1(C)O. The molecule has 18 atom stereocenters. The number of benzene rings is 1. The molecule has 3 saturated heterocycles. The fraction of sp³-hybridized carbons (Fsp3) is 0.824. The Labute approximate surface area is 422 Å². The van der Waals surface area contributed by atoms with Crippen LogP contribution in [0.15, 0.2) is 30.3 Å². The van der Waals surface area contributed by atoms with Gasteiger partial charge in [0, 0.05) is 70.7 Å². The Balaban J connectivity index is 1.76. The highest BCUT2D eigenvalue weighted by Crippen LogP contribution is 2.40. The number of ether oxygens (including phenoxy) is 6. The van der Waals surface area contributed by atoms with E-state index in [1.54, 1.807) is 34.6 Å². The number of aliphatic hydroxyl groups excluding tert-OH is 3. The van der Waals surface area contributed by atoms with Gasteiger partial charge in [-0.25, -0.2) is 0 Å². The summed E-state index contributed by atoms with van der Waals surface area (Å²) < 4.78 is 38.2. The Bertz CT molecular complexity index is 1800. The van der Waals surface area contributed by atoms with Gasteiger partial charge in [-0.1, -0.05) is 51.1 Å². The van der Waals surface area contributed by atoms with Crippen LogP contribution in [0, 0.1) is 17.8 Å². The lowest BCUT2D eigenvalue weighted by molar-refractivity contribution is -0.318. The van der Waals surface area contributed by atoms with Gasteiger partial charge in [-0.05, 0) is 112 Å². The van der Waals surface area contributed by atoms with Gasteiger partial charge in [0.2, 0.25) is 5.91 Å². The van der Waals surface area contributed by atoms with E-state index < -0.39 is 102 Å². The first-order valence-electron chi connectivity index (χ1n) is 25.3. The molecule has 0 aliphatic carbocycles.